The highest BCUT2D eigenvalue weighted by Crippen LogP contribution is 2.20. The molecule has 0 heterocycles. The molecule has 0 unspecified atom stereocenters. The summed E-state index contributed by atoms with van der Waals surface area (Å²) in [6, 6.07) is 13.8. The molecule has 0 aliphatic heterocycles. The van der Waals surface area contributed by atoms with Gasteiger partial charge in [0.05, 0.1) is 11.9 Å². The lowest BCUT2D eigenvalue weighted by atomic mass is 10.1. The van der Waals surface area contributed by atoms with Gasteiger partial charge in [-0.3, -0.25) is 13.9 Å². The Bertz CT molecular complexity index is 1070. The highest BCUT2D eigenvalue weighted by Gasteiger charge is 2.31. The topological polar surface area (TPSA) is 86.8 Å². The highest BCUT2D eigenvalue weighted by molar-refractivity contribution is 7.92. The maximum Gasteiger partial charge on any atom is 0.244 e. The molecule has 7 nitrogen and oxygen atoms in total. The number of hydrogen-bond acceptors (Lipinski definition) is 4. The molecular weight excluding hydrogens is 438 g/mol. The van der Waals surface area contributed by atoms with Crippen molar-refractivity contribution in [3.8, 4) is 0 Å². The third-order valence-corrected chi connectivity index (χ3v) is 6.28. The Hall–Kier alpha value is -2.87. The molecule has 1 N–H and O–H groups in total. The van der Waals surface area contributed by atoms with Gasteiger partial charge in [0.1, 0.15) is 12.6 Å². The zero-order chi connectivity index (χ0) is 25.0. The zero-order valence-corrected chi connectivity index (χ0v) is 21.4. The summed E-state index contributed by atoms with van der Waals surface area (Å²) in [5, 5.41) is 2.91. The Morgan fingerprint density at radius 3 is 1.88 bits per heavy atom. The first-order valence-corrected chi connectivity index (χ1v) is 12.7. The Morgan fingerprint density at radius 1 is 0.939 bits per heavy atom. The first-order valence-electron chi connectivity index (χ1n) is 10.9. The van der Waals surface area contributed by atoms with E-state index < -0.39 is 34.1 Å². The average Bonchev–Trinajstić information content (AvgIpc) is 2.69. The number of carbonyl (C=O) groups is 2. The Labute approximate surface area is 197 Å². The molecule has 0 spiro atoms. The van der Waals surface area contributed by atoms with E-state index in [9.17, 15) is 18.0 Å². The molecule has 0 radical (unpaired) electrons. The zero-order valence-electron chi connectivity index (χ0n) is 20.5. The van der Waals surface area contributed by atoms with Crippen LogP contribution >= 0.6 is 0 Å². The molecule has 33 heavy (non-hydrogen) atoms. The quantitative estimate of drug-likeness (QED) is 0.637. The molecule has 0 aliphatic rings. The van der Waals surface area contributed by atoms with Gasteiger partial charge < -0.3 is 10.2 Å². The lowest BCUT2D eigenvalue weighted by Crippen LogP contribution is -2.54. The first-order chi connectivity index (χ1) is 15.2. The van der Waals surface area contributed by atoms with E-state index in [0.717, 1.165) is 27.3 Å². The number of aryl methyl sites for hydroxylation is 2. The molecule has 0 saturated carbocycles. The summed E-state index contributed by atoms with van der Waals surface area (Å²) >= 11 is 0. The largest absolute Gasteiger partial charge is 0.350 e. The molecular formula is C25H35N3O4S. The lowest BCUT2D eigenvalue weighted by molar-refractivity contribution is -0.140. The number of rotatable bonds is 8. The van der Waals surface area contributed by atoms with Crippen molar-refractivity contribution in [2.24, 2.45) is 0 Å². The molecule has 180 valence electrons. The van der Waals surface area contributed by atoms with Crippen molar-refractivity contribution >= 4 is 27.5 Å². The van der Waals surface area contributed by atoms with Crippen molar-refractivity contribution in [3.05, 3.63) is 65.2 Å². The van der Waals surface area contributed by atoms with E-state index in [4.69, 9.17) is 0 Å². The van der Waals surface area contributed by atoms with Crippen molar-refractivity contribution < 1.29 is 18.0 Å². The Kier molecular flexibility index (Phi) is 8.30. The standard InChI is InChI=1S/C25H35N3O4S/c1-18-8-12-21(13-9-18)16-27(20(3)24(30)26-25(4,5)6)23(29)17-28(33(7,31)32)22-14-10-19(2)11-15-22/h8-15,20H,16-17H2,1-7H3,(H,26,30)/t20-/m1/s1. The third-order valence-electron chi connectivity index (χ3n) is 5.14. The second kappa shape index (κ2) is 10.4. The van der Waals surface area contributed by atoms with E-state index in [2.05, 4.69) is 5.32 Å². The van der Waals surface area contributed by atoms with Gasteiger partial charge in [0.15, 0.2) is 0 Å². The molecule has 8 heteroatoms. The van der Waals surface area contributed by atoms with Crippen LogP contribution in [0.3, 0.4) is 0 Å². The van der Waals surface area contributed by atoms with Gasteiger partial charge >= 0.3 is 0 Å². The molecule has 0 bridgehead atoms. The Morgan fingerprint density at radius 2 is 1.42 bits per heavy atom. The number of amides is 2. The Balaban J connectivity index is 2.38. The molecule has 0 fully saturated rings. The maximum absolute atomic E-state index is 13.5. The minimum absolute atomic E-state index is 0.184. The number of benzene rings is 2. The smallest absolute Gasteiger partial charge is 0.244 e. The van der Waals surface area contributed by atoms with Crippen LogP contribution in [0.5, 0.6) is 0 Å². The maximum atomic E-state index is 13.5. The normalized spacial score (nSPS) is 12.7. The lowest BCUT2D eigenvalue weighted by Gasteiger charge is -2.33. The summed E-state index contributed by atoms with van der Waals surface area (Å²) in [6.07, 6.45) is 1.07. The highest BCUT2D eigenvalue weighted by atomic mass is 32.2. The third kappa shape index (κ3) is 7.89. The van der Waals surface area contributed by atoms with E-state index >= 15 is 0 Å². The fourth-order valence-corrected chi connectivity index (χ4v) is 4.12. The number of carbonyl (C=O) groups excluding carboxylic acids is 2. The van der Waals surface area contributed by atoms with Crippen LogP contribution in [0.15, 0.2) is 48.5 Å². The summed E-state index contributed by atoms with van der Waals surface area (Å²) in [5.74, 6) is -0.762. The van der Waals surface area contributed by atoms with Gasteiger partial charge in [-0.25, -0.2) is 8.42 Å². The van der Waals surface area contributed by atoms with Crippen LogP contribution in [0.1, 0.15) is 44.4 Å². The number of anilines is 1. The van der Waals surface area contributed by atoms with Crippen molar-refractivity contribution in [3.63, 3.8) is 0 Å². The molecule has 2 aromatic carbocycles. The average molecular weight is 474 g/mol. The minimum Gasteiger partial charge on any atom is -0.350 e. The van der Waals surface area contributed by atoms with E-state index in [1.54, 1.807) is 31.2 Å². The second-order valence-electron chi connectivity index (χ2n) is 9.53. The van der Waals surface area contributed by atoms with Crippen molar-refractivity contribution in [1.82, 2.24) is 10.2 Å². The van der Waals surface area contributed by atoms with Crippen LogP contribution in [-0.4, -0.2) is 49.5 Å². The van der Waals surface area contributed by atoms with Crippen molar-refractivity contribution in [2.45, 2.75) is 59.7 Å². The predicted molar refractivity (Wildman–Crippen MR) is 132 cm³/mol. The number of nitrogens with zero attached hydrogens (tertiary/aromatic N) is 2. The molecule has 0 saturated heterocycles. The van der Waals surface area contributed by atoms with Gasteiger partial charge in [0, 0.05) is 12.1 Å². The van der Waals surface area contributed by atoms with Crippen LogP contribution < -0.4 is 9.62 Å². The predicted octanol–water partition coefficient (Wildman–Crippen LogP) is 3.40. The van der Waals surface area contributed by atoms with Gasteiger partial charge in [-0.05, 0) is 59.2 Å². The van der Waals surface area contributed by atoms with Gasteiger partial charge in [-0.15, -0.1) is 0 Å². The monoisotopic (exact) mass is 473 g/mol. The fraction of sp³-hybridized carbons (Fsp3) is 0.440. The number of sulfonamides is 1. The van der Waals surface area contributed by atoms with Gasteiger partial charge in [-0.2, -0.15) is 0 Å². The number of nitrogens with one attached hydrogen (secondary N) is 1. The number of hydrogen-bond donors (Lipinski definition) is 1. The summed E-state index contributed by atoms with van der Waals surface area (Å²) in [4.78, 5) is 27.8. The second-order valence-corrected chi connectivity index (χ2v) is 11.4. The van der Waals surface area contributed by atoms with E-state index in [0.29, 0.717) is 5.69 Å². The SMILES string of the molecule is Cc1ccc(CN(C(=O)CN(c2ccc(C)cc2)S(C)(=O)=O)[C@H](C)C(=O)NC(C)(C)C)cc1. The summed E-state index contributed by atoms with van der Waals surface area (Å²) < 4.78 is 26.2. The fourth-order valence-electron chi connectivity index (χ4n) is 3.27. The van der Waals surface area contributed by atoms with E-state index in [-0.39, 0.29) is 12.5 Å². The van der Waals surface area contributed by atoms with Crippen LogP contribution in [0.2, 0.25) is 0 Å². The van der Waals surface area contributed by atoms with Gasteiger partial charge in [0.25, 0.3) is 0 Å². The summed E-state index contributed by atoms with van der Waals surface area (Å²) in [6.45, 7) is 10.9. The van der Waals surface area contributed by atoms with Crippen LogP contribution in [0.4, 0.5) is 5.69 Å². The molecule has 1 atom stereocenters. The van der Waals surface area contributed by atoms with Crippen molar-refractivity contribution in [1.29, 1.82) is 0 Å². The minimum atomic E-state index is -3.73. The van der Waals surface area contributed by atoms with E-state index in [1.807, 2.05) is 58.9 Å². The molecule has 0 aliphatic carbocycles. The van der Waals surface area contributed by atoms with Crippen LogP contribution in [0.25, 0.3) is 0 Å². The summed E-state index contributed by atoms with van der Waals surface area (Å²) in [7, 11) is -3.73. The first kappa shape index (κ1) is 26.4. The van der Waals surface area contributed by atoms with Crippen LogP contribution in [0, 0.1) is 13.8 Å². The van der Waals surface area contributed by atoms with Gasteiger partial charge in [0.2, 0.25) is 21.8 Å². The molecule has 0 aromatic heterocycles. The molecule has 2 aromatic rings. The van der Waals surface area contributed by atoms with Gasteiger partial charge in [-0.1, -0.05) is 47.5 Å². The van der Waals surface area contributed by atoms with Crippen LogP contribution in [-0.2, 0) is 26.2 Å². The van der Waals surface area contributed by atoms with E-state index in [1.165, 1.54) is 4.90 Å². The molecule has 2 rings (SSSR count). The summed E-state index contributed by atoms with van der Waals surface area (Å²) in [5.41, 5.74) is 2.85. The van der Waals surface area contributed by atoms with Crippen molar-refractivity contribution in [2.75, 3.05) is 17.1 Å². The molecule has 2 amide bonds.